The van der Waals surface area contributed by atoms with E-state index in [0.717, 1.165) is 48.6 Å². The fourth-order valence-electron chi connectivity index (χ4n) is 7.47. The summed E-state index contributed by atoms with van der Waals surface area (Å²) >= 11 is 0. The Morgan fingerprint density at radius 1 is 1.05 bits per heavy atom. The average molecular weight is 558 g/mol. The van der Waals surface area contributed by atoms with Gasteiger partial charge >= 0.3 is 0 Å². The van der Waals surface area contributed by atoms with E-state index in [-0.39, 0.29) is 18.4 Å². The number of likely N-dealkylation sites (tertiary alicyclic amines) is 1. The molecule has 2 aromatic heterocycles. The second-order valence-electron chi connectivity index (χ2n) is 11.8. The molecular formula is C31H29F2N5O3. The number of nitrogens with zero attached hydrogens (tertiary/aromatic N) is 3. The quantitative estimate of drug-likeness (QED) is 0.488. The highest BCUT2D eigenvalue weighted by molar-refractivity contribution is 6.06. The zero-order chi connectivity index (χ0) is 28.4. The van der Waals surface area contributed by atoms with Crippen molar-refractivity contribution >= 4 is 29.2 Å². The number of benzene rings is 1. The summed E-state index contributed by atoms with van der Waals surface area (Å²) in [4.78, 5) is 50.5. The van der Waals surface area contributed by atoms with Crippen LogP contribution in [0.2, 0.25) is 0 Å². The van der Waals surface area contributed by atoms with Crippen molar-refractivity contribution in [3.05, 3.63) is 82.8 Å². The summed E-state index contributed by atoms with van der Waals surface area (Å²) in [6.45, 7) is -0.244. The molecule has 2 aliphatic heterocycles. The van der Waals surface area contributed by atoms with Gasteiger partial charge in [-0.3, -0.25) is 19.4 Å². The molecule has 210 valence electrons. The number of aromatic nitrogens is 2. The van der Waals surface area contributed by atoms with Gasteiger partial charge in [-0.1, -0.05) is 18.9 Å². The maximum absolute atomic E-state index is 14.1. The lowest BCUT2D eigenvalue weighted by atomic mass is 9.74. The molecule has 7 rings (SSSR count). The van der Waals surface area contributed by atoms with E-state index in [1.165, 1.54) is 17.0 Å². The predicted molar refractivity (Wildman–Crippen MR) is 146 cm³/mol. The van der Waals surface area contributed by atoms with E-state index in [2.05, 4.69) is 20.6 Å². The first-order valence-electron chi connectivity index (χ1n) is 14.1. The number of fused-ring (bicyclic) bond motifs is 3. The Labute approximate surface area is 235 Å². The van der Waals surface area contributed by atoms with Gasteiger partial charge in [0.2, 0.25) is 17.7 Å². The van der Waals surface area contributed by atoms with Crippen LogP contribution in [0.25, 0.3) is 0 Å². The summed E-state index contributed by atoms with van der Waals surface area (Å²) in [7, 11) is 0. The lowest BCUT2D eigenvalue weighted by Crippen LogP contribution is -2.51. The lowest BCUT2D eigenvalue weighted by Gasteiger charge is -2.44. The highest BCUT2D eigenvalue weighted by Gasteiger charge is 2.52. The zero-order valence-corrected chi connectivity index (χ0v) is 22.4. The molecule has 3 amide bonds. The molecule has 3 aromatic rings. The summed E-state index contributed by atoms with van der Waals surface area (Å²) in [6, 6.07) is 8.23. The summed E-state index contributed by atoms with van der Waals surface area (Å²) < 4.78 is 28.2. The van der Waals surface area contributed by atoms with Crippen LogP contribution in [0.1, 0.15) is 67.0 Å². The van der Waals surface area contributed by atoms with Crippen molar-refractivity contribution in [2.45, 2.75) is 62.8 Å². The Hall–Kier alpha value is -4.21. The normalized spacial score (nSPS) is 24.0. The van der Waals surface area contributed by atoms with Gasteiger partial charge in [-0.15, -0.1) is 0 Å². The van der Waals surface area contributed by atoms with Crippen molar-refractivity contribution in [2.75, 3.05) is 17.2 Å². The van der Waals surface area contributed by atoms with E-state index in [1.54, 1.807) is 12.4 Å². The van der Waals surface area contributed by atoms with Crippen LogP contribution in [-0.2, 0) is 32.6 Å². The third-order valence-electron chi connectivity index (χ3n) is 9.43. The molecule has 1 saturated carbocycles. The summed E-state index contributed by atoms with van der Waals surface area (Å²) in [6.07, 6.45) is 8.66. The molecule has 2 N–H and O–H groups in total. The standard InChI is InChI=1S/C31H29F2N5O3/c32-20-10-18(11-21(33)13-20)25-5-8-30(6-1-2-7-30)29(41)38(25)17-26(39)36-22-12-19-14-31(15-24(19)35-16-22)23-4-3-9-34-27(23)37-28(31)40/h3-4,9-13,16,25H,1-2,5-8,14-15,17H2,(H,36,39)(H,34,37,40)/t25-,31?/m0/s1. The van der Waals surface area contributed by atoms with Gasteiger partial charge in [0.25, 0.3) is 0 Å². The first-order valence-corrected chi connectivity index (χ1v) is 14.1. The number of rotatable bonds is 4. The van der Waals surface area contributed by atoms with Gasteiger partial charge in [-0.25, -0.2) is 13.8 Å². The van der Waals surface area contributed by atoms with E-state index in [0.29, 0.717) is 42.8 Å². The van der Waals surface area contributed by atoms with Crippen LogP contribution in [0.4, 0.5) is 20.3 Å². The summed E-state index contributed by atoms with van der Waals surface area (Å²) in [5.41, 5.74) is 2.02. The molecule has 1 unspecified atom stereocenters. The molecule has 2 spiro atoms. The minimum Gasteiger partial charge on any atom is -0.326 e. The third kappa shape index (κ3) is 4.19. The minimum absolute atomic E-state index is 0.112. The van der Waals surface area contributed by atoms with Crippen LogP contribution >= 0.6 is 0 Å². The van der Waals surface area contributed by atoms with E-state index >= 15 is 0 Å². The highest BCUT2D eigenvalue weighted by atomic mass is 19.1. The van der Waals surface area contributed by atoms with Gasteiger partial charge < -0.3 is 15.5 Å². The number of hydrogen-bond acceptors (Lipinski definition) is 5. The number of nitrogens with one attached hydrogen (secondary N) is 2. The number of amides is 3. The molecule has 0 bridgehead atoms. The Kier molecular flexibility index (Phi) is 5.92. The molecular weight excluding hydrogens is 528 g/mol. The van der Waals surface area contributed by atoms with Crippen LogP contribution < -0.4 is 10.6 Å². The molecule has 41 heavy (non-hydrogen) atoms. The number of carbonyl (C=O) groups excluding carboxylic acids is 3. The van der Waals surface area contributed by atoms with Gasteiger partial charge in [-0.2, -0.15) is 0 Å². The first kappa shape index (κ1) is 25.7. The van der Waals surface area contributed by atoms with Crippen molar-refractivity contribution in [1.82, 2.24) is 14.9 Å². The van der Waals surface area contributed by atoms with Crippen molar-refractivity contribution in [3.63, 3.8) is 0 Å². The molecule has 4 heterocycles. The third-order valence-corrected chi connectivity index (χ3v) is 9.43. The predicted octanol–water partition coefficient (Wildman–Crippen LogP) is 4.61. The van der Waals surface area contributed by atoms with Gasteiger partial charge in [0.1, 0.15) is 24.0 Å². The van der Waals surface area contributed by atoms with E-state index < -0.39 is 34.4 Å². The Bertz CT molecular complexity index is 1580. The van der Waals surface area contributed by atoms with Crippen LogP contribution in [0, 0.1) is 17.0 Å². The number of carbonyl (C=O) groups is 3. The monoisotopic (exact) mass is 557 g/mol. The molecule has 4 aliphatic rings. The second kappa shape index (κ2) is 9.43. The molecule has 8 nitrogen and oxygen atoms in total. The molecule has 0 radical (unpaired) electrons. The molecule has 2 atom stereocenters. The van der Waals surface area contributed by atoms with Crippen LogP contribution in [0.15, 0.2) is 48.8 Å². The zero-order valence-electron chi connectivity index (χ0n) is 22.4. The van der Waals surface area contributed by atoms with E-state index in [4.69, 9.17) is 0 Å². The molecule has 2 fully saturated rings. The maximum atomic E-state index is 14.1. The van der Waals surface area contributed by atoms with E-state index in [1.807, 2.05) is 18.2 Å². The number of piperidine rings is 1. The summed E-state index contributed by atoms with van der Waals surface area (Å²) in [5.74, 6) is -1.52. The van der Waals surface area contributed by atoms with Crippen molar-refractivity contribution < 1.29 is 23.2 Å². The van der Waals surface area contributed by atoms with Crippen LogP contribution in [-0.4, -0.2) is 39.1 Å². The fourth-order valence-corrected chi connectivity index (χ4v) is 7.47. The topological polar surface area (TPSA) is 104 Å². The maximum Gasteiger partial charge on any atom is 0.244 e. The second-order valence-corrected chi connectivity index (χ2v) is 11.8. The van der Waals surface area contributed by atoms with Crippen molar-refractivity contribution in [2.24, 2.45) is 5.41 Å². The largest absolute Gasteiger partial charge is 0.326 e. The lowest BCUT2D eigenvalue weighted by molar-refractivity contribution is -0.152. The summed E-state index contributed by atoms with van der Waals surface area (Å²) in [5, 5.41) is 5.74. The SMILES string of the molecule is O=C(CN1C(=O)C2(CCCC2)CC[C@H]1c1cc(F)cc(F)c1)Nc1cnc2c(c1)CC1(C2)C(=O)Nc2ncccc21. The fraction of sp³-hybridized carbons (Fsp3) is 0.387. The molecule has 2 aliphatic carbocycles. The molecule has 1 aromatic carbocycles. The van der Waals surface area contributed by atoms with Crippen LogP contribution in [0.5, 0.6) is 0 Å². The van der Waals surface area contributed by atoms with Gasteiger partial charge in [0.15, 0.2) is 0 Å². The minimum atomic E-state index is -0.773. The first-order chi connectivity index (χ1) is 19.8. The van der Waals surface area contributed by atoms with Gasteiger partial charge in [0.05, 0.1) is 23.3 Å². The highest BCUT2D eigenvalue weighted by Crippen LogP contribution is 2.50. The van der Waals surface area contributed by atoms with Crippen molar-refractivity contribution in [1.29, 1.82) is 0 Å². The van der Waals surface area contributed by atoms with E-state index in [9.17, 15) is 23.2 Å². The molecule has 10 heteroatoms. The Balaban J connectivity index is 1.12. The van der Waals surface area contributed by atoms with Crippen LogP contribution in [0.3, 0.4) is 0 Å². The Morgan fingerprint density at radius 2 is 1.83 bits per heavy atom. The Morgan fingerprint density at radius 3 is 2.61 bits per heavy atom. The number of halogens is 2. The molecule has 1 saturated heterocycles. The number of pyridine rings is 2. The van der Waals surface area contributed by atoms with Gasteiger partial charge in [-0.05, 0) is 67.5 Å². The smallest absolute Gasteiger partial charge is 0.244 e. The number of anilines is 2. The van der Waals surface area contributed by atoms with Gasteiger partial charge in [0, 0.05) is 35.4 Å². The number of hydrogen-bond donors (Lipinski definition) is 2. The van der Waals surface area contributed by atoms with Crippen molar-refractivity contribution in [3.8, 4) is 0 Å². The average Bonchev–Trinajstić information content (AvgIpc) is 3.63.